The van der Waals surface area contributed by atoms with Crippen molar-refractivity contribution in [1.29, 1.82) is 0 Å². The minimum Gasteiger partial charge on any atom is -0.349 e. The van der Waals surface area contributed by atoms with Crippen molar-refractivity contribution in [1.82, 2.24) is 10.2 Å². The van der Waals surface area contributed by atoms with Gasteiger partial charge in [-0.2, -0.15) is 0 Å². The van der Waals surface area contributed by atoms with Crippen LogP contribution in [0.2, 0.25) is 0 Å². The first-order valence-corrected chi connectivity index (χ1v) is 10.3. The van der Waals surface area contributed by atoms with E-state index in [-0.39, 0.29) is 6.23 Å². The lowest BCUT2D eigenvalue weighted by molar-refractivity contribution is -0.0255. The van der Waals surface area contributed by atoms with Crippen LogP contribution in [0.15, 0.2) is 15.6 Å². The van der Waals surface area contributed by atoms with Gasteiger partial charge in [0.25, 0.3) is 0 Å². The molecule has 0 bridgehead atoms. The quantitative estimate of drug-likeness (QED) is 0.845. The minimum atomic E-state index is -0.0537. The number of thioether (sulfide) groups is 1. The van der Waals surface area contributed by atoms with Gasteiger partial charge in [-0.25, -0.2) is 4.99 Å². The van der Waals surface area contributed by atoms with Gasteiger partial charge in [0.05, 0.1) is 17.5 Å². The average Bonchev–Trinajstić information content (AvgIpc) is 3.06. The van der Waals surface area contributed by atoms with E-state index in [4.69, 9.17) is 9.73 Å². The number of aliphatic imine (C=N–C) groups is 1. The average molecular weight is 350 g/mol. The summed E-state index contributed by atoms with van der Waals surface area (Å²) in [5.74, 6) is 0.616. The first-order chi connectivity index (χ1) is 11.5. The molecule has 2 fully saturated rings. The van der Waals surface area contributed by atoms with E-state index in [1.807, 2.05) is 18.1 Å². The number of fused-ring (bicyclic) bond motifs is 2. The van der Waals surface area contributed by atoms with E-state index >= 15 is 0 Å². The zero-order chi connectivity index (χ0) is 16.9. The first kappa shape index (κ1) is 16.9. The molecule has 0 spiro atoms. The highest BCUT2D eigenvalue weighted by Crippen LogP contribution is 2.59. The number of hydrogen-bond acceptors (Lipinski definition) is 5. The van der Waals surface area contributed by atoms with Gasteiger partial charge < -0.3 is 15.0 Å². The number of nitrogens with one attached hydrogen (secondary N) is 1. The molecule has 3 atom stereocenters. The molecular formula is C19H31N3OS. The van der Waals surface area contributed by atoms with Crippen LogP contribution < -0.4 is 5.32 Å². The molecule has 1 N–H and O–H groups in total. The summed E-state index contributed by atoms with van der Waals surface area (Å²) in [6.45, 7) is 4.84. The molecule has 2 saturated carbocycles. The summed E-state index contributed by atoms with van der Waals surface area (Å²) in [4.78, 5) is 7.07. The number of ether oxygens (including phenoxy) is 1. The Balaban J connectivity index is 1.46. The Morgan fingerprint density at radius 1 is 1.21 bits per heavy atom. The van der Waals surface area contributed by atoms with E-state index in [0.29, 0.717) is 17.4 Å². The molecule has 2 aliphatic heterocycles. The molecular weight excluding hydrogens is 318 g/mol. The molecule has 0 aromatic rings. The van der Waals surface area contributed by atoms with Crippen LogP contribution in [0, 0.1) is 11.3 Å². The zero-order valence-corrected chi connectivity index (χ0v) is 16.2. The predicted octanol–water partition coefficient (Wildman–Crippen LogP) is 3.60. The van der Waals surface area contributed by atoms with Crippen molar-refractivity contribution < 1.29 is 4.74 Å². The Morgan fingerprint density at radius 2 is 1.96 bits per heavy atom. The Kier molecular flexibility index (Phi) is 4.46. The maximum Gasteiger partial charge on any atom is 0.175 e. The molecule has 24 heavy (non-hydrogen) atoms. The van der Waals surface area contributed by atoms with Gasteiger partial charge >= 0.3 is 0 Å². The van der Waals surface area contributed by atoms with Crippen LogP contribution in [0.1, 0.15) is 52.4 Å². The second-order valence-electron chi connectivity index (χ2n) is 8.75. The SMILES string of the molecule is CN(C)C1CCC(OC2N=CNC3=C2C2C(CCC2(C)C)S3)CC1. The summed E-state index contributed by atoms with van der Waals surface area (Å²) in [7, 11) is 4.39. The van der Waals surface area contributed by atoms with E-state index in [1.165, 1.54) is 36.3 Å². The summed E-state index contributed by atoms with van der Waals surface area (Å²) in [6.07, 6.45) is 9.61. The lowest BCUT2D eigenvalue weighted by Crippen LogP contribution is -2.38. The Bertz CT molecular complexity index is 549. The third kappa shape index (κ3) is 2.93. The highest BCUT2D eigenvalue weighted by Gasteiger charge is 2.52. The lowest BCUT2D eigenvalue weighted by atomic mass is 9.77. The van der Waals surface area contributed by atoms with E-state index < -0.39 is 0 Å². The summed E-state index contributed by atoms with van der Waals surface area (Å²) in [5.41, 5.74) is 1.82. The zero-order valence-electron chi connectivity index (χ0n) is 15.4. The van der Waals surface area contributed by atoms with E-state index in [9.17, 15) is 0 Å². The maximum atomic E-state index is 6.55. The normalized spacial score (nSPS) is 40.6. The molecule has 2 heterocycles. The Morgan fingerprint density at radius 3 is 2.67 bits per heavy atom. The largest absolute Gasteiger partial charge is 0.349 e. The van der Waals surface area contributed by atoms with Crippen molar-refractivity contribution in [2.75, 3.05) is 14.1 Å². The molecule has 3 unspecified atom stereocenters. The monoisotopic (exact) mass is 349 g/mol. The van der Waals surface area contributed by atoms with E-state index in [1.54, 1.807) is 0 Å². The number of rotatable bonds is 3. The van der Waals surface area contributed by atoms with Crippen molar-refractivity contribution >= 4 is 18.1 Å². The van der Waals surface area contributed by atoms with Gasteiger partial charge in [0.2, 0.25) is 0 Å². The van der Waals surface area contributed by atoms with Crippen molar-refractivity contribution in [2.24, 2.45) is 16.3 Å². The number of hydrogen-bond donors (Lipinski definition) is 1. The third-order valence-corrected chi connectivity index (χ3v) is 7.92. The molecule has 4 nitrogen and oxygen atoms in total. The first-order valence-electron chi connectivity index (χ1n) is 9.46. The van der Waals surface area contributed by atoms with Crippen molar-refractivity contribution in [3.8, 4) is 0 Å². The fraction of sp³-hybridized carbons (Fsp3) is 0.842. The predicted molar refractivity (Wildman–Crippen MR) is 101 cm³/mol. The fourth-order valence-electron chi connectivity index (χ4n) is 5.06. The minimum absolute atomic E-state index is 0.0537. The number of nitrogens with zero attached hydrogens (tertiary/aromatic N) is 2. The van der Waals surface area contributed by atoms with Gasteiger partial charge in [0, 0.05) is 22.8 Å². The van der Waals surface area contributed by atoms with E-state index in [2.05, 4.69) is 38.2 Å². The molecule has 5 heteroatoms. The van der Waals surface area contributed by atoms with Gasteiger partial charge in [-0.15, -0.1) is 11.8 Å². The molecule has 4 aliphatic rings. The Hall–Kier alpha value is -0.520. The fourth-order valence-corrected chi connectivity index (χ4v) is 6.74. The highest BCUT2D eigenvalue weighted by atomic mass is 32.2. The van der Waals surface area contributed by atoms with Crippen LogP contribution in [0.25, 0.3) is 0 Å². The van der Waals surface area contributed by atoms with Crippen molar-refractivity contribution in [3.63, 3.8) is 0 Å². The van der Waals surface area contributed by atoms with Gasteiger partial charge in [-0.05, 0) is 58.0 Å². The molecule has 0 saturated heterocycles. The van der Waals surface area contributed by atoms with Gasteiger partial charge in [-0.3, -0.25) is 0 Å². The molecule has 0 aromatic heterocycles. The van der Waals surface area contributed by atoms with Crippen molar-refractivity contribution in [3.05, 3.63) is 10.6 Å². The van der Waals surface area contributed by atoms with Gasteiger partial charge in [-0.1, -0.05) is 13.8 Å². The van der Waals surface area contributed by atoms with Crippen LogP contribution in [-0.2, 0) is 4.74 Å². The van der Waals surface area contributed by atoms with Crippen molar-refractivity contribution in [2.45, 2.75) is 76.0 Å². The van der Waals surface area contributed by atoms with Crippen LogP contribution >= 0.6 is 11.8 Å². The van der Waals surface area contributed by atoms with Crippen LogP contribution in [0.5, 0.6) is 0 Å². The molecule has 4 rings (SSSR count). The summed E-state index contributed by atoms with van der Waals surface area (Å²) in [5, 5.41) is 5.45. The van der Waals surface area contributed by atoms with Crippen LogP contribution in [-0.4, -0.2) is 49.0 Å². The molecule has 0 radical (unpaired) electrons. The second kappa shape index (κ2) is 6.33. The third-order valence-electron chi connectivity index (χ3n) is 6.52. The molecule has 134 valence electrons. The topological polar surface area (TPSA) is 36.9 Å². The van der Waals surface area contributed by atoms with Crippen LogP contribution in [0.3, 0.4) is 0 Å². The Labute approximate surface area is 150 Å². The van der Waals surface area contributed by atoms with Gasteiger partial charge in [0.15, 0.2) is 6.23 Å². The smallest absolute Gasteiger partial charge is 0.175 e. The highest BCUT2D eigenvalue weighted by molar-refractivity contribution is 8.04. The maximum absolute atomic E-state index is 6.55. The molecule has 2 aliphatic carbocycles. The second-order valence-corrected chi connectivity index (χ2v) is 10.0. The summed E-state index contributed by atoms with van der Waals surface area (Å²) in [6, 6.07) is 0.719. The standard InChI is InChI=1S/C19H31N3OS/c1-19(2)10-9-14-16(19)15-17(20-11-21-18(15)24-14)23-13-7-5-12(6-8-13)22(3)4/h11-14,16-17H,5-10H2,1-4H3,(H,20,21). The summed E-state index contributed by atoms with van der Waals surface area (Å²) >= 11 is 2.03. The molecule has 0 aromatic carbocycles. The van der Waals surface area contributed by atoms with Gasteiger partial charge in [0.1, 0.15) is 0 Å². The molecule has 0 amide bonds. The van der Waals surface area contributed by atoms with Crippen LogP contribution in [0.4, 0.5) is 0 Å². The van der Waals surface area contributed by atoms with E-state index in [0.717, 1.165) is 24.1 Å². The lowest BCUT2D eigenvalue weighted by Gasteiger charge is -2.36. The summed E-state index contributed by atoms with van der Waals surface area (Å²) < 4.78 is 6.55.